The quantitative estimate of drug-likeness (QED) is 0.575. The minimum absolute atomic E-state index is 0.360. The van der Waals surface area contributed by atoms with Crippen molar-refractivity contribution in [2.24, 2.45) is 0 Å². The first-order valence-corrected chi connectivity index (χ1v) is 10.1. The van der Waals surface area contributed by atoms with E-state index in [0.29, 0.717) is 29.6 Å². The molecule has 0 radical (unpaired) electrons. The number of hydrogen-bond donors (Lipinski definition) is 1. The van der Waals surface area contributed by atoms with Crippen molar-refractivity contribution in [3.05, 3.63) is 76.7 Å². The Morgan fingerprint density at radius 1 is 0.931 bits per heavy atom. The lowest BCUT2D eigenvalue weighted by Crippen LogP contribution is -2.17. The highest BCUT2D eigenvalue weighted by atomic mass is 32.2. The first-order chi connectivity index (χ1) is 14.1. The number of carbonyl (C=O) groups excluding carboxylic acids is 2. The zero-order chi connectivity index (χ0) is 20.2. The van der Waals surface area contributed by atoms with Crippen LogP contribution in [0.15, 0.2) is 65.6 Å². The van der Waals surface area contributed by atoms with Gasteiger partial charge in [-0.15, -0.1) is 0 Å². The maximum Gasteiger partial charge on any atom is 0.290 e. The molecule has 29 heavy (non-hydrogen) atoms. The van der Waals surface area contributed by atoms with Crippen LogP contribution in [0.2, 0.25) is 0 Å². The minimum atomic E-state index is -0.380. The number of carbonyl (C=O) groups is 2. The molecule has 1 fully saturated rings. The Balaban J connectivity index is 1.54. The third kappa shape index (κ3) is 4.43. The Hall–Kier alpha value is -3.25. The fraction of sp³-hybridized carbons (Fsp3) is 0.130. The van der Waals surface area contributed by atoms with Crippen molar-refractivity contribution in [3.8, 4) is 11.5 Å². The summed E-state index contributed by atoms with van der Waals surface area (Å²) in [7, 11) is 0. The third-order valence-corrected chi connectivity index (χ3v) is 5.23. The number of hydrogen-bond acceptors (Lipinski definition) is 5. The number of fused-ring (bicyclic) bond motifs is 1. The molecule has 2 amide bonds. The molecule has 0 aromatic heterocycles. The SMILES string of the molecule is CCOc1cc(/C=C2\SC(=O)NC2=O)ccc1OCc1ccc2ccccc2c1. The van der Waals surface area contributed by atoms with Crippen LogP contribution < -0.4 is 14.8 Å². The topological polar surface area (TPSA) is 64.6 Å². The molecule has 3 aromatic carbocycles. The summed E-state index contributed by atoms with van der Waals surface area (Å²) in [5.74, 6) is 0.841. The number of imide groups is 1. The molecule has 5 nitrogen and oxygen atoms in total. The van der Waals surface area contributed by atoms with Gasteiger partial charge in [0.05, 0.1) is 11.5 Å². The molecule has 0 atom stereocenters. The van der Waals surface area contributed by atoms with E-state index in [1.165, 1.54) is 10.8 Å². The van der Waals surface area contributed by atoms with Gasteiger partial charge in [-0.05, 0) is 64.9 Å². The van der Waals surface area contributed by atoms with Crippen molar-refractivity contribution in [3.63, 3.8) is 0 Å². The molecule has 0 spiro atoms. The Labute approximate surface area is 172 Å². The number of thioether (sulfide) groups is 1. The van der Waals surface area contributed by atoms with Gasteiger partial charge in [0.2, 0.25) is 0 Å². The second-order valence-electron chi connectivity index (χ2n) is 6.46. The molecule has 1 heterocycles. The molecule has 0 saturated carbocycles. The predicted molar refractivity (Wildman–Crippen MR) is 115 cm³/mol. The van der Waals surface area contributed by atoms with Gasteiger partial charge < -0.3 is 9.47 Å². The molecule has 1 aliphatic rings. The maximum absolute atomic E-state index is 11.7. The van der Waals surface area contributed by atoms with Crippen LogP contribution in [0.1, 0.15) is 18.1 Å². The lowest BCUT2D eigenvalue weighted by atomic mass is 10.1. The summed E-state index contributed by atoms with van der Waals surface area (Å²) in [6, 6.07) is 19.9. The number of nitrogens with one attached hydrogen (secondary N) is 1. The van der Waals surface area contributed by atoms with Gasteiger partial charge in [0.15, 0.2) is 11.5 Å². The monoisotopic (exact) mass is 405 g/mol. The molecular formula is C23H19NO4S. The normalized spacial score (nSPS) is 15.0. The standard InChI is InChI=1S/C23H19NO4S/c1-2-27-20-12-15(13-21-22(25)24-23(26)29-21)8-10-19(20)28-14-16-7-9-17-5-3-4-6-18(17)11-16/h3-13H,2,14H2,1H3,(H,24,25,26)/b21-13-. The zero-order valence-corrected chi connectivity index (χ0v) is 16.6. The van der Waals surface area contributed by atoms with Gasteiger partial charge in [0, 0.05) is 0 Å². The van der Waals surface area contributed by atoms with E-state index in [1.54, 1.807) is 6.08 Å². The van der Waals surface area contributed by atoms with Gasteiger partial charge in [-0.2, -0.15) is 0 Å². The molecule has 1 N–H and O–H groups in total. The summed E-state index contributed by atoms with van der Waals surface area (Å²) in [6.07, 6.45) is 1.67. The van der Waals surface area contributed by atoms with Crippen LogP contribution in [0.3, 0.4) is 0 Å². The van der Waals surface area contributed by atoms with Gasteiger partial charge in [-0.1, -0.05) is 42.5 Å². The van der Waals surface area contributed by atoms with E-state index in [-0.39, 0.29) is 11.1 Å². The van der Waals surface area contributed by atoms with E-state index >= 15 is 0 Å². The van der Waals surface area contributed by atoms with Crippen molar-refractivity contribution in [2.45, 2.75) is 13.5 Å². The average molecular weight is 405 g/mol. The van der Waals surface area contributed by atoms with Gasteiger partial charge >= 0.3 is 0 Å². The Morgan fingerprint density at radius 3 is 2.52 bits per heavy atom. The van der Waals surface area contributed by atoms with E-state index in [2.05, 4.69) is 35.6 Å². The van der Waals surface area contributed by atoms with Gasteiger partial charge in [0.25, 0.3) is 11.1 Å². The Kier molecular flexibility index (Phi) is 5.53. The summed E-state index contributed by atoms with van der Waals surface area (Å²) < 4.78 is 11.7. The largest absolute Gasteiger partial charge is 0.490 e. The Bertz CT molecular complexity index is 1120. The molecule has 4 rings (SSSR count). The molecule has 3 aromatic rings. The van der Waals surface area contributed by atoms with Crippen LogP contribution >= 0.6 is 11.8 Å². The Morgan fingerprint density at radius 2 is 1.76 bits per heavy atom. The minimum Gasteiger partial charge on any atom is -0.490 e. The fourth-order valence-corrected chi connectivity index (χ4v) is 3.75. The fourth-order valence-electron chi connectivity index (χ4n) is 3.06. The first kappa shape index (κ1) is 19.1. The van der Waals surface area contributed by atoms with Crippen LogP contribution in [-0.4, -0.2) is 17.8 Å². The van der Waals surface area contributed by atoms with Crippen LogP contribution in [0.5, 0.6) is 11.5 Å². The van der Waals surface area contributed by atoms with Crippen molar-refractivity contribution in [2.75, 3.05) is 6.61 Å². The van der Waals surface area contributed by atoms with E-state index in [4.69, 9.17) is 9.47 Å². The summed E-state index contributed by atoms with van der Waals surface area (Å²) in [5, 5.41) is 4.25. The van der Waals surface area contributed by atoms with Crippen LogP contribution in [0.25, 0.3) is 16.8 Å². The first-order valence-electron chi connectivity index (χ1n) is 9.24. The van der Waals surface area contributed by atoms with Crippen molar-refractivity contribution >= 4 is 39.8 Å². The predicted octanol–water partition coefficient (Wildman–Crippen LogP) is 5.14. The highest BCUT2D eigenvalue weighted by Crippen LogP contribution is 2.32. The van der Waals surface area contributed by atoms with Crippen LogP contribution in [0, 0.1) is 0 Å². The number of amides is 2. The van der Waals surface area contributed by atoms with Gasteiger partial charge in [0.1, 0.15) is 6.61 Å². The summed E-state index contributed by atoms with van der Waals surface area (Å²) in [6.45, 7) is 2.80. The third-order valence-electron chi connectivity index (χ3n) is 4.42. The number of ether oxygens (including phenoxy) is 2. The van der Waals surface area contributed by atoms with E-state index in [9.17, 15) is 9.59 Å². The molecule has 1 aliphatic heterocycles. The van der Waals surface area contributed by atoms with Crippen LogP contribution in [-0.2, 0) is 11.4 Å². The lowest BCUT2D eigenvalue weighted by Gasteiger charge is -2.13. The molecule has 6 heteroatoms. The van der Waals surface area contributed by atoms with Gasteiger partial charge in [-0.25, -0.2) is 0 Å². The van der Waals surface area contributed by atoms with Gasteiger partial charge in [-0.3, -0.25) is 14.9 Å². The lowest BCUT2D eigenvalue weighted by molar-refractivity contribution is -0.115. The van der Waals surface area contributed by atoms with E-state index in [0.717, 1.165) is 22.9 Å². The summed E-state index contributed by atoms with van der Waals surface area (Å²) in [5.41, 5.74) is 1.83. The van der Waals surface area contributed by atoms with Crippen molar-refractivity contribution < 1.29 is 19.1 Å². The van der Waals surface area contributed by atoms with E-state index < -0.39 is 0 Å². The highest BCUT2D eigenvalue weighted by molar-refractivity contribution is 8.18. The molecule has 0 aliphatic carbocycles. The second-order valence-corrected chi connectivity index (χ2v) is 7.48. The second kappa shape index (κ2) is 8.41. The number of rotatable bonds is 6. The van der Waals surface area contributed by atoms with Crippen LogP contribution in [0.4, 0.5) is 4.79 Å². The maximum atomic E-state index is 11.7. The summed E-state index contributed by atoms with van der Waals surface area (Å²) >= 11 is 0.890. The average Bonchev–Trinajstić information content (AvgIpc) is 3.04. The molecule has 0 bridgehead atoms. The highest BCUT2D eigenvalue weighted by Gasteiger charge is 2.25. The molecular weight excluding hydrogens is 386 g/mol. The van der Waals surface area contributed by atoms with E-state index in [1.807, 2.05) is 37.3 Å². The number of benzene rings is 3. The molecule has 1 saturated heterocycles. The molecule has 146 valence electrons. The summed E-state index contributed by atoms with van der Waals surface area (Å²) in [4.78, 5) is 23.4. The zero-order valence-electron chi connectivity index (χ0n) is 15.8. The molecule has 0 unspecified atom stereocenters. The van der Waals surface area contributed by atoms with Crippen molar-refractivity contribution in [1.29, 1.82) is 0 Å². The van der Waals surface area contributed by atoms with Crippen molar-refractivity contribution in [1.82, 2.24) is 5.32 Å². The smallest absolute Gasteiger partial charge is 0.290 e.